The number of nitrogens with zero attached hydrogens (tertiary/aromatic N) is 2. The van der Waals surface area contributed by atoms with Gasteiger partial charge in [0.2, 0.25) is 0 Å². The zero-order chi connectivity index (χ0) is 23.7. The van der Waals surface area contributed by atoms with Crippen molar-refractivity contribution in [3.63, 3.8) is 0 Å². The monoisotopic (exact) mass is 471 g/mol. The third-order valence-corrected chi connectivity index (χ3v) is 6.10. The van der Waals surface area contributed by atoms with E-state index in [0.29, 0.717) is 27.9 Å². The number of nitrogens with one attached hydrogen (secondary N) is 1. The molecule has 1 aliphatic heterocycles. The Hall–Kier alpha value is -4.17. The molecule has 0 amide bonds. The van der Waals surface area contributed by atoms with Crippen molar-refractivity contribution >= 4 is 29.0 Å². The van der Waals surface area contributed by atoms with Crippen LogP contribution in [-0.2, 0) is 0 Å². The second-order valence-corrected chi connectivity index (χ2v) is 8.11. The highest BCUT2D eigenvalue weighted by atomic mass is 32.1. The Balaban J connectivity index is 1.64. The van der Waals surface area contributed by atoms with Crippen LogP contribution in [0.1, 0.15) is 33.9 Å². The van der Waals surface area contributed by atoms with Gasteiger partial charge in [0.25, 0.3) is 0 Å². The molecule has 0 radical (unpaired) electrons. The number of pyridine rings is 1. The molecule has 34 heavy (non-hydrogen) atoms. The van der Waals surface area contributed by atoms with Crippen molar-refractivity contribution in [2.45, 2.75) is 12.1 Å². The van der Waals surface area contributed by atoms with Crippen LogP contribution in [0.2, 0.25) is 0 Å². The summed E-state index contributed by atoms with van der Waals surface area (Å²) in [5.74, 6) is 0.732. The summed E-state index contributed by atoms with van der Waals surface area (Å²) in [6.45, 7) is 0. The van der Waals surface area contributed by atoms with Crippen LogP contribution in [0, 0.1) is 0 Å². The zero-order valence-electron chi connectivity index (χ0n) is 18.2. The number of para-hydroxylation sites is 2. The van der Waals surface area contributed by atoms with E-state index in [1.54, 1.807) is 43.6 Å². The van der Waals surface area contributed by atoms with Gasteiger partial charge in [-0.2, -0.15) is 0 Å². The lowest BCUT2D eigenvalue weighted by Gasteiger charge is -2.27. The molecule has 1 fully saturated rings. The molecule has 0 aliphatic carbocycles. The van der Waals surface area contributed by atoms with Gasteiger partial charge in [-0.3, -0.25) is 4.98 Å². The van der Waals surface area contributed by atoms with Gasteiger partial charge in [0.05, 0.1) is 30.1 Å². The van der Waals surface area contributed by atoms with Gasteiger partial charge >= 0.3 is 5.97 Å². The van der Waals surface area contributed by atoms with E-state index < -0.39 is 5.97 Å². The first-order chi connectivity index (χ1) is 16.6. The summed E-state index contributed by atoms with van der Waals surface area (Å²) in [7, 11) is 1.62. The molecule has 1 aliphatic rings. The first-order valence-corrected chi connectivity index (χ1v) is 11.1. The third-order valence-electron chi connectivity index (χ3n) is 5.78. The Labute approximate surface area is 201 Å². The summed E-state index contributed by atoms with van der Waals surface area (Å²) in [4.78, 5) is 18.2. The number of aromatic carboxylic acids is 1. The van der Waals surface area contributed by atoms with E-state index in [2.05, 4.69) is 10.3 Å². The fraction of sp³-hybridized carbons (Fsp3) is 0.115. The normalized spacial score (nSPS) is 17.4. The highest BCUT2D eigenvalue weighted by Gasteiger charge is 2.43. The van der Waals surface area contributed by atoms with E-state index in [0.717, 1.165) is 11.4 Å². The molecule has 8 heteroatoms. The van der Waals surface area contributed by atoms with Crippen LogP contribution in [0.25, 0.3) is 11.3 Å². The first kappa shape index (κ1) is 21.7. The zero-order valence-corrected chi connectivity index (χ0v) is 19.0. The minimum Gasteiger partial charge on any atom is -0.495 e. The molecule has 4 aromatic rings. The number of carboxylic acid groups (broad SMARTS) is 1. The molecule has 0 saturated carbocycles. The average Bonchev–Trinajstić information content (AvgIpc) is 3.49. The Morgan fingerprint density at radius 2 is 1.82 bits per heavy atom. The van der Waals surface area contributed by atoms with Crippen molar-refractivity contribution in [3.05, 3.63) is 102 Å². The van der Waals surface area contributed by atoms with Crippen LogP contribution >= 0.6 is 12.2 Å². The summed E-state index contributed by atoms with van der Waals surface area (Å²) in [5, 5.41) is 13.5. The van der Waals surface area contributed by atoms with E-state index >= 15 is 0 Å². The molecule has 0 bridgehead atoms. The largest absolute Gasteiger partial charge is 0.495 e. The van der Waals surface area contributed by atoms with E-state index in [1.807, 2.05) is 53.4 Å². The van der Waals surface area contributed by atoms with Crippen LogP contribution in [-0.4, -0.2) is 28.3 Å². The maximum absolute atomic E-state index is 11.7. The fourth-order valence-electron chi connectivity index (χ4n) is 4.27. The van der Waals surface area contributed by atoms with Crippen molar-refractivity contribution in [1.82, 2.24) is 10.3 Å². The molecule has 2 aromatic heterocycles. The van der Waals surface area contributed by atoms with Gasteiger partial charge in [-0.15, -0.1) is 0 Å². The number of anilines is 1. The predicted molar refractivity (Wildman–Crippen MR) is 132 cm³/mol. The molecule has 7 nitrogen and oxygen atoms in total. The van der Waals surface area contributed by atoms with E-state index in [-0.39, 0.29) is 17.6 Å². The minimum atomic E-state index is -1.01. The summed E-state index contributed by atoms with van der Waals surface area (Å²) in [5.41, 5.74) is 2.27. The van der Waals surface area contributed by atoms with Gasteiger partial charge in [-0.25, -0.2) is 4.79 Å². The minimum absolute atomic E-state index is 0.173. The van der Waals surface area contributed by atoms with Gasteiger partial charge in [-0.05, 0) is 54.7 Å². The standard InChI is InChI=1S/C26H21N3O4S/c1-32-21-12-5-4-11-19(21)29-24(23(28-26(29)34)18-10-6-7-15-27-18)22-14-13-20(33-22)16-8-2-3-9-17(16)25(30)31/h2-15,23-24H,1H3,(H,28,34)(H,30,31). The van der Waals surface area contributed by atoms with Crippen molar-refractivity contribution in [1.29, 1.82) is 0 Å². The summed E-state index contributed by atoms with van der Waals surface area (Å²) >= 11 is 5.75. The molecule has 2 atom stereocenters. The molecule has 2 unspecified atom stereocenters. The van der Waals surface area contributed by atoms with Gasteiger partial charge in [-0.1, -0.05) is 36.4 Å². The van der Waals surface area contributed by atoms with Crippen LogP contribution < -0.4 is 15.0 Å². The first-order valence-electron chi connectivity index (χ1n) is 10.6. The molecule has 2 aromatic carbocycles. The van der Waals surface area contributed by atoms with Gasteiger partial charge < -0.3 is 24.5 Å². The van der Waals surface area contributed by atoms with E-state index in [9.17, 15) is 9.90 Å². The lowest BCUT2D eigenvalue weighted by molar-refractivity contribution is 0.0697. The SMILES string of the molecule is COc1ccccc1N1C(=S)NC(c2ccccn2)C1c1ccc(-c2ccccc2C(=O)O)o1. The number of ether oxygens (including phenoxy) is 1. The summed E-state index contributed by atoms with van der Waals surface area (Å²) in [6.07, 6.45) is 1.74. The molecular formula is C26H21N3O4S. The van der Waals surface area contributed by atoms with Crippen molar-refractivity contribution in [2.24, 2.45) is 0 Å². The van der Waals surface area contributed by atoms with Crippen LogP contribution in [0.3, 0.4) is 0 Å². The number of thiocarbonyl (C=S) groups is 1. The predicted octanol–water partition coefficient (Wildman–Crippen LogP) is 5.23. The molecule has 3 heterocycles. The van der Waals surface area contributed by atoms with Crippen molar-refractivity contribution < 1.29 is 19.1 Å². The van der Waals surface area contributed by atoms with E-state index in [1.165, 1.54) is 0 Å². The summed E-state index contributed by atoms with van der Waals surface area (Å²) in [6, 6.07) is 23.1. The van der Waals surface area contributed by atoms with Crippen molar-refractivity contribution in [3.8, 4) is 17.1 Å². The molecule has 5 rings (SSSR count). The van der Waals surface area contributed by atoms with Crippen LogP contribution in [0.5, 0.6) is 5.75 Å². The number of benzene rings is 2. The highest BCUT2D eigenvalue weighted by Crippen LogP contribution is 2.45. The maximum atomic E-state index is 11.7. The Bertz CT molecular complexity index is 1350. The average molecular weight is 472 g/mol. The van der Waals surface area contributed by atoms with Gasteiger partial charge in [0.15, 0.2) is 5.11 Å². The Kier molecular flexibility index (Phi) is 5.73. The number of methoxy groups -OCH3 is 1. The lowest BCUT2D eigenvalue weighted by Crippen LogP contribution is -2.29. The molecular weight excluding hydrogens is 450 g/mol. The van der Waals surface area contributed by atoms with Crippen LogP contribution in [0.15, 0.2) is 89.5 Å². The smallest absolute Gasteiger partial charge is 0.336 e. The second-order valence-electron chi connectivity index (χ2n) is 7.72. The molecule has 0 spiro atoms. The fourth-order valence-corrected chi connectivity index (χ4v) is 4.61. The third kappa shape index (κ3) is 3.78. The Morgan fingerprint density at radius 3 is 2.59 bits per heavy atom. The number of furan rings is 1. The topological polar surface area (TPSA) is 87.8 Å². The molecule has 170 valence electrons. The van der Waals surface area contributed by atoms with E-state index in [4.69, 9.17) is 21.4 Å². The number of aromatic nitrogens is 1. The lowest BCUT2D eigenvalue weighted by atomic mass is 10.0. The van der Waals surface area contributed by atoms with Gasteiger partial charge in [0.1, 0.15) is 23.3 Å². The maximum Gasteiger partial charge on any atom is 0.336 e. The molecule has 2 N–H and O–H groups in total. The summed E-state index contributed by atoms with van der Waals surface area (Å²) < 4.78 is 11.9. The molecule has 1 saturated heterocycles. The number of hydrogen-bond donors (Lipinski definition) is 2. The second kappa shape index (κ2) is 8.99. The Morgan fingerprint density at radius 1 is 1.06 bits per heavy atom. The van der Waals surface area contributed by atoms with Crippen molar-refractivity contribution in [2.75, 3.05) is 12.0 Å². The van der Waals surface area contributed by atoms with Gasteiger partial charge in [0, 0.05) is 11.8 Å². The number of carbonyl (C=O) groups is 1. The number of rotatable bonds is 6. The quantitative estimate of drug-likeness (QED) is 0.370. The number of hydrogen-bond acceptors (Lipinski definition) is 5. The highest BCUT2D eigenvalue weighted by molar-refractivity contribution is 7.80. The number of carboxylic acids is 1. The van der Waals surface area contributed by atoms with Crippen LogP contribution in [0.4, 0.5) is 5.69 Å².